The lowest BCUT2D eigenvalue weighted by Crippen LogP contribution is -2.10. The van der Waals surface area contributed by atoms with Crippen LogP contribution in [0, 0.1) is 0 Å². The summed E-state index contributed by atoms with van der Waals surface area (Å²) in [5.41, 5.74) is 10.1. The molecule has 0 saturated heterocycles. The van der Waals surface area contributed by atoms with Gasteiger partial charge in [-0.05, 0) is 47.2 Å². The van der Waals surface area contributed by atoms with Crippen molar-refractivity contribution in [2.24, 2.45) is 5.73 Å². The molecule has 7 nitrogen and oxygen atoms in total. The van der Waals surface area contributed by atoms with E-state index in [0.717, 1.165) is 32.9 Å². The number of para-hydroxylation sites is 1. The predicted molar refractivity (Wildman–Crippen MR) is 107 cm³/mol. The van der Waals surface area contributed by atoms with Crippen LogP contribution in [0.1, 0.15) is 15.9 Å². The molecule has 5 rings (SSSR count). The number of benzene rings is 3. The normalized spacial score (nSPS) is 11.3. The molecule has 0 saturated carbocycles. The van der Waals surface area contributed by atoms with E-state index in [2.05, 4.69) is 49.5 Å². The minimum Gasteiger partial charge on any atom is -0.366 e. The number of aromatic amines is 1. The quantitative estimate of drug-likeness (QED) is 0.509. The zero-order chi connectivity index (χ0) is 19.1. The summed E-state index contributed by atoms with van der Waals surface area (Å²) in [5.74, 6) is 0.151. The Hall–Kier alpha value is -4.00. The maximum atomic E-state index is 11.3. The molecule has 0 aliphatic heterocycles. The van der Waals surface area contributed by atoms with Gasteiger partial charge in [-0.2, -0.15) is 5.21 Å². The third-order valence-corrected chi connectivity index (χ3v) is 4.96. The van der Waals surface area contributed by atoms with E-state index < -0.39 is 5.91 Å². The van der Waals surface area contributed by atoms with Gasteiger partial charge in [0, 0.05) is 39.5 Å². The first-order valence-corrected chi connectivity index (χ1v) is 8.84. The van der Waals surface area contributed by atoms with Crippen LogP contribution in [-0.2, 0) is 6.54 Å². The maximum Gasteiger partial charge on any atom is 0.248 e. The number of tetrazole rings is 1. The lowest BCUT2D eigenvalue weighted by molar-refractivity contribution is 0.100. The molecule has 0 spiro atoms. The fourth-order valence-electron chi connectivity index (χ4n) is 3.60. The lowest BCUT2D eigenvalue weighted by Gasteiger charge is -2.08. The van der Waals surface area contributed by atoms with Crippen LogP contribution in [0.25, 0.3) is 33.2 Å². The van der Waals surface area contributed by atoms with Gasteiger partial charge in [0.2, 0.25) is 11.7 Å². The molecule has 7 heteroatoms. The number of nitrogens with one attached hydrogen (secondary N) is 1. The van der Waals surface area contributed by atoms with Crippen molar-refractivity contribution in [2.45, 2.75) is 6.54 Å². The van der Waals surface area contributed by atoms with E-state index in [-0.39, 0.29) is 0 Å². The predicted octanol–water partition coefficient (Wildman–Crippen LogP) is 3.12. The second kappa shape index (κ2) is 6.31. The number of nitrogens with zero attached hydrogens (tertiary/aromatic N) is 4. The lowest BCUT2D eigenvalue weighted by atomic mass is 10.1. The number of carbonyl (C=O) groups is 1. The molecule has 0 unspecified atom stereocenters. The maximum absolute atomic E-state index is 11.3. The number of H-pyrrole nitrogens is 1. The van der Waals surface area contributed by atoms with Crippen LogP contribution in [0.15, 0.2) is 66.7 Å². The van der Waals surface area contributed by atoms with Gasteiger partial charge in [-0.3, -0.25) is 4.79 Å². The first kappa shape index (κ1) is 16.2. The zero-order valence-corrected chi connectivity index (χ0v) is 14.8. The molecule has 0 fully saturated rings. The molecule has 1 amide bonds. The molecule has 0 aliphatic rings. The number of hydrogen-bond acceptors (Lipinski definition) is 4. The SMILES string of the molecule is NC(=O)c1ccc(Cn2c3ccccc3c3cc(-c4nn[nH]n4)ccc32)cc1. The Kier molecular flexibility index (Phi) is 3.65. The standard InChI is InChI=1S/C21H16N6O/c22-20(28)14-7-5-13(6-8-14)12-27-18-4-2-1-3-16(18)17-11-15(9-10-19(17)27)21-23-25-26-24-21/h1-11H,12H2,(H2,22,28)(H,23,24,25,26). The first-order valence-electron chi connectivity index (χ1n) is 8.84. The molecule has 0 atom stereocenters. The van der Waals surface area contributed by atoms with E-state index in [0.29, 0.717) is 17.9 Å². The number of primary amides is 1. The number of nitrogens with two attached hydrogens (primary N) is 1. The molecular formula is C21H16N6O. The number of carbonyl (C=O) groups excluding carboxylic acids is 1. The Bertz CT molecular complexity index is 1300. The third kappa shape index (κ3) is 2.61. The molecule has 136 valence electrons. The van der Waals surface area contributed by atoms with Crippen LogP contribution in [-0.4, -0.2) is 31.1 Å². The zero-order valence-electron chi connectivity index (χ0n) is 14.8. The van der Waals surface area contributed by atoms with Crippen LogP contribution in [0.4, 0.5) is 0 Å². The fourth-order valence-corrected chi connectivity index (χ4v) is 3.60. The Morgan fingerprint density at radius 3 is 2.50 bits per heavy atom. The molecule has 0 radical (unpaired) electrons. The van der Waals surface area contributed by atoms with Crippen LogP contribution < -0.4 is 5.73 Å². The van der Waals surface area contributed by atoms with Crippen molar-refractivity contribution in [2.75, 3.05) is 0 Å². The van der Waals surface area contributed by atoms with Gasteiger partial charge in [-0.25, -0.2) is 0 Å². The van der Waals surface area contributed by atoms with Crippen LogP contribution in [0.5, 0.6) is 0 Å². The fraction of sp³-hybridized carbons (Fsp3) is 0.0476. The van der Waals surface area contributed by atoms with Gasteiger partial charge >= 0.3 is 0 Å². The van der Waals surface area contributed by atoms with Gasteiger partial charge in [0.1, 0.15) is 0 Å². The van der Waals surface area contributed by atoms with E-state index >= 15 is 0 Å². The topological polar surface area (TPSA) is 102 Å². The van der Waals surface area contributed by atoms with E-state index in [1.54, 1.807) is 12.1 Å². The third-order valence-electron chi connectivity index (χ3n) is 4.96. The molecule has 5 aromatic rings. The Morgan fingerprint density at radius 2 is 1.75 bits per heavy atom. The summed E-state index contributed by atoms with van der Waals surface area (Å²) >= 11 is 0. The summed E-state index contributed by atoms with van der Waals surface area (Å²) in [7, 11) is 0. The minimum absolute atomic E-state index is 0.419. The number of fused-ring (bicyclic) bond motifs is 3. The van der Waals surface area contributed by atoms with Crippen LogP contribution >= 0.6 is 0 Å². The molecule has 2 aromatic heterocycles. The van der Waals surface area contributed by atoms with Gasteiger partial charge in [0.05, 0.1) is 0 Å². The van der Waals surface area contributed by atoms with E-state index in [1.165, 1.54) is 0 Å². The highest BCUT2D eigenvalue weighted by molar-refractivity contribution is 6.09. The molecule has 2 heterocycles. The van der Waals surface area contributed by atoms with Gasteiger partial charge in [-0.1, -0.05) is 30.3 Å². The molecule has 0 bridgehead atoms. The monoisotopic (exact) mass is 368 g/mol. The highest BCUT2D eigenvalue weighted by atomic mass is 16.1. The average molecular weight is 368 g/mol. The minimum atomic E-state index is -0.419. The molecular weight excluding hydrogens is 352 g/mol. The first-order chi connectivity index (χ1) is 13.7. The van der Waals surface area contributed by atoms with Crippen molar-refractivity contribution in [3.8, 4) is 11.4 Å². The van der Waals surface area contributed by atoms with Crippen molar-refractivity contribution in [1.29, 1.82) is 0 Å². The highest BCUT2D eigenvalue weighted by Gasteiger charge is 2.13. The van der Waals surface area contributed by atoms with Crippen molar-refractivity contribution in [3.05, 3.63) is 77.9 Å². The van der Waals surface area contributed by atoms with Crippen LogP contribution in [0.3, 0.4) is 0 Å². The number of amides is 1. The van der Waals surface area contributed by atoms with Crippen molar-refractivity contribution in [3.63, 3.8) is 0 Å². The largest absolute Gasteiger partial charge is 0.366 e. The second-order valence-corrected chi connectivity index (χ2v) is 6.63. The Morgan fingerprint density at radius 1 is 0.964 bits per heavy atom. The summed E-state index contributed by atoms with van der Waals surface area (Å²) < 4.78 is 2.27. The Balaban J connectivity index is 1.66. The van der Waals surface area contributed by atoms with Crippen LogP contribution in [0.2, 0.25) is 0 Å². The summed E-state index contributed by atoms with van der Waals surface area (Å²) in [6.07, 6.45) is 0. The van der Waals surface area contributed by atoms with E-state index in [1.807, 2.05) is 30.3 Å². The van der Waals surface area contributed by atoms with Gasteiger partial charge < -0.3 is 10.3 Å². The van der Waals surface area contributed by atoms with Gasteiger partial charge in [0.25, 0.3) is 0 Å². The second-order valence-electron chi connectivity index (χ2n) is 6.63. The summed E-state index contributed by atoms with van der Waals surface area (Å²) in [6.45, 7) is 0.685. The number of aromatic nitrogens is 5. The summed E-state index contributed by atoms with van der Waals surface area (Å²) in [4.78, 5) is 11.3. The van der Waals surface area contributed by atoms with Gasteiger partial charge in [0.15, 0.2) is 0 Å². The summed E-state index contributed by atoms with van der Waals surface area (Å²) in [5, 5.41) is 16.6. The molecule has 28 heavy (non-hydrogen) atoms. The van der Waals surface area contributed by atoms with E-state index in [9.17, 15) is 4.79 Å². The smallest absolute Gasteiger partial charge is 0.248 e. The number of rotatable bonds is 4. The molecule has 0 aliphatic carbocycles. The van der Waals surface area contributed by atoms with Crippen molar-refractivity contribution >= 4 is 27.7 Å². The van der Waals surface area contributed by atoms with Crippen molar-refractivity contribution in [1.82, 2.24) is 25.2 Å². The van der Waals surface area contributed by atoms with E-state index in [4.69, 9.17) is 5.73 Å². The van der Waals surface area contributed by atoms with Crippen molar-refractivity contribution < 1.29 is 4.79 Å². The Labute approximate surface area is 159 Å². The average Bonchev–Trinajstić information content (AvgIpc) is 3.36. The summed E-state index contributed by atoms with van der Waals surface area (Å²) in [6, 6.07) is 21.9. The highest BCUT2D eigenvalue weighted by Crippen LogP contribution is 2.32. The number of hydrogen-bond donors (Lipinski definition) is 2. The molecule has 3 aromatic carbocycles. The van der Waals surface area contributed by atoms with Gasteiger partial charge in [-0.15, -0.1) is 10.2 Å². The molecule has 3 N–H and O–H groups in total.